The molecular formula is C20H27F3N4O2. The molecule has 2 aliphatic rings. The van der Waals surface area contributed by atoms with Crippen molar-refractivity contribution in [2.45, 2.75) is 57.2 Å². The van der Waals surface area contributed by atoms with Crippen LogP contribution >= 0.6 is 0 Å². The van der Waals surface area contributed by atoms with Crippen molar-refractivity contribution in [3.8, 4) is 0 Å². The van der Waals surface area contributed by atoms with E-state index in [1.165, 1.54) is 6.07 Å². The van der Waals surface area contributed by atoms with Gasteiger partial charge in [0.25, 0.3) is 0 Å². The summed E-state index contributed by atoms with van der Waals surface area (Å²) >= 11 is 0. The largest absolute Gasteiger partial charge is 0.433 e. The van der Waals surface area contributed by atoms with E-state index in [1.807, 2.05) is 4.90 Å². The molecule has 0 aromatic carbocycles. The molecule has 1 aromatic rings. The Morgan fingerprint density at radius 2 is 1.83 bits per heavy atom. The zero-order chi connectivity index (χ0) is 21.0. The summed E-state index contributed by atoms with van der Waals surface area (Å²) < 4.78 is 37.6. The van der Waals surface area contributed by atoms with Crippen molar-refractivity contribution in [1.82, 2.24) is 9.88 Å². The van der Waals surface area contributed by atoms with Gasteiger partial charge in [0.2, 0.25) is 11.8 Å². The van der Waals surface area contributed by atoms with Gasteiger partial charge in [0, 0.05) is 25.6 Å². The predicted molar refractivity (Wildman–Crippen MR) is 102 cm³/mol. The lowest BCUT2D eigenvalue weighted by atomic mass is 9.83. The van der Waals surface area contributed by atoms with E-state index in [4.69, 9.17) is 5.73 Å². The summed E-state index contributed by atoms with van der Waals surface area (Å²) in [5.41, 5.74) is 5.36. The highest BCUT2D eigenvalue weighted by Crippen LogP contribution is 2.29. The molecule has 6 nitrogen and oxygen atoms in total. The van der Waals surface area contributed by atoms with Crippen molar-refractivity contribution in [3.05, 3.63) is 24.0 Å². The number of carbonyl (C=O) groups is 2. The third-order valence-electron chi connectivity index (χ3n) is 5.87. The maximum atomic E-state index is 12.7. The highest BCUT2D eigenvalue weighted by Gasteiger charge is 2.34. The number of hydrogen-bond donors (Lipinski definition) is 2. The maximum absolute atomic E-state index is 12.7. The maximum Gasteiger partial charge on any atom is 0.433 e. The first-order valence-electron chi connectivity index (χ1n) is 10.1. The lowest BCUT2D eigenvalue weighted by Crippen LogP contribution is -2.48. The highest BCUT2D eigenvalue weighted by atomic mass is 19.4. The van der Waals surface area contributed by atoms with Gasteiger partial charge < -0.3 is 16.0 Å². The molecule has 2 amide bonds. The Labute approximate surface area is 168 Å². The Balaban J connectivity index is 1.44. The number of aromatic nitrogens is 1. The number of nitrogens with one attached hydrogen (secondary N) is 1. The van der Waals surface area contributed by atoms with E-state index in [9.17, 15) is 22.8 Å². The second-order valence-corrected chi connectivity index (χ2v) is 8.01. The molecule has 9 heteroatoms. The molecule has 0 spiro atoms. The van der Waals surface area contributed by atoms with Crippen LogP contribution in [0.1, 0.15) is 50.6 Å². The van der Waals surface area contributed by atoms with Gasteiger partial charge in [-0.1, -0.05) is 12.8 Å². The van der Waals surface area contributed by atoms with Gasteiger partial charge >= 0.3 is 6.18 Å². The molecule has 0 bridgehead atoms. The quantitative estimate of drug-likeness (QED) is 0.795. The number of rotatable bonds is 4. The zero-order valence-corrected chi connectivity index (χ0v) is 16.3. The first kappa shape index (κ1) is 21.5. The average Bonchev–Trinajstić information content (AvgIpc) is 2.68. The predicted octanol–water partition coefficient (Wildman–Crippen LogP) is 3.19. The molecule has 1 saturated heterocycles. The molecule has 2 heterocycles. The third-order valence-corrected chi connectivity index (χ3v) is 5.87. The number of pyridine rings is 1. The van der Waals surface area contributed by atoms with Gasteiger partial charge in [-0.05, 0) is 43.7 Å². The van der Waals surface area contributed by atoms with E-state index >= 15 is 0 Å². The Morgan fingerprint density at radius 3 is 2.41 bits per heavy atom. The fourth-order valence-electron chi connectivity index (χ4n) is 4.17. The number of likely N-dealkylation sites (tertiary alicyclic amines) is 1. The number of carbonyl (C=O) groups excluding carboxylic acids is 2. The Bertz CT molecular complexity index is 715. The van der Waals surface area contributed by atoms with Crippen LogP contribution in [0.15, 0.2) is 18.3 Å². The van der Waals surface area contributed by atoms with Gasteiger partial charge in [-0.15, -0.1) is 0 Å². The number of amides is 2. The number of anilines is 1. The molecule has 1 aromatic heterocycles. The third kappa shape index (κ3) is 5.68. The van der Waals surface area contributed by atoms with Crippen molar-refractivity contribution in [2.24, 2.45) is 17.6 Å². The molecule has 0 unspecified atom stereocenters. The van der Waals surface area contributed by atoms with E-state index < -0.39 is 11.9 Å². The van der Waals surface area contributed by atoms with Crippen LogP contribution in [0, 0.1) is 11.8 Å². The average molecular weight is 412 g/mol. The number of alkyl halides is 3. The number of nitrogens with zero attached hydrogens (tertiary/aromatic N) is 2. The van der Waals surface area contributed by atoms with E-state index in [1.54, 1.807) is 0 Å². The molecular weight excluding hydrogens is 385 g/mol. The summed E-state index contributed by atoms with van der Waals surface area (Å²) in [6, 6.07) is 1.98. The minimum absolute atomic E-state index is 0.0582. The Kier molecular flexibility index (Phi) is 6.77. The SMILES string of the molecule is N[C@@H]1CCCC[C@H]1C(=O)N1CCC(CC(=O)Nc2ccc(C(F)(F)F)nc2)CC1. The molecule has 3 rings (SSSR count). The number of halogens is 3. The minimum atomic E-state index is -4.50. The number of piperidine rings is 1. The molecule has 2 fully saturated rings. The van der Waals surface area contributed by atoms with Crippen LogP contribution in [-0.4, -0.2) is 40.8 Å². The molecule has 0 radical (unpaired) electrons. The zero-order valence-electron chi connectivity index (χ0n) is 16.3. The lowest BCUT2D eigenvalue weighted by Gasteiger charge is -2.37. The summed E-state index contributed by atoms with van der Waals surface area (Å²) in [6.07, 6.45) is 2.10. The van der Waals surface area contributed by atoms with Crippen LogP contribution in [0.3, 0.4) is 0 Å². The summed E-state index contributed by atoms with van der Waals surface area (Å²) in [4.78, 5) is 30.1. The highest BCUT2D eigenvalue weighted by molar-refractivity contribution is 5.90. The van der Waals surface area contributed by atoms with E-state index in [0.717, 1.165) is 50.8 Å². The van der Waals surface area contributed by atoms with Crippen molar-refractivity contribution >= 4 is 17.5 Å². The normalized spacial score (nSPS) is 23.7. The summed E-state index contributed by atoms with van der Waals surface area (Å²) in [6.45, 7) is 1.23. The van der Waals surface area contributed by atoms with Crippen molar-refractivity contribution in [1.29, 1.82) is 0 Å². The Morgan fingerprint density at radius 1 is 1.14 bits per heavy atom. The first-order valence-corrected chi connectivity index (χ1v) is 10.1. The fourth-order valence-corrected chi connectivity index (χ4v) is 4.17. The van der Waals surface area contributed by atoms with Gasteiger partial charge in [0.1, 0.15) is 5.69 Å². The smallest absolute Gasteiger partial charge is 0.342 e. The molecule has 1 aliphatic carbocycles. The molecule has 1 saturated carbocycles. The van der Waals surface area contributed by atoms with Crippen LogP contribution in [0.25, 0.3) is 0 Å². The van der Waals surface area contributed by atoms with Crippen molar-refractivity contribution < 1.29 is 22.8 Å². The van der Waals surface area contributed by atoms with Crippen LogP contribution in [-0.2, 0) is 15.8 Å². The van der Waals surface area contributed by atoms with Crippen LogP contribution in [0.5, 0.6) is 0 Å². The minimum Gasteiger partial charge on any atom is -0.342 e. The second kappa shape index (κ2) is 9.11. The van der Waals surface area contributed by atoms with E-state index in [0.29, 0.717) is 13.1 Å². The summed E-state index contributed by atoms with van der Waals surface area (Å²) in [5.74, 6) is -0.0705. The standard InChI is InChI=1S/C20H27F3N4O2/c21-20(22,23)17-6-5-14(12-25-17)26-18(28)11-13-7-9-27(10-8-13)19(29)15-3-1-2-4-16(15)24/h5-6,12-13,15-16H,1-4,7-11,24H2,(H,26,28)/t15-,16-/m1/s1. The van der Waals surface area contributed by atoms with Crippen LogP contribution in [0.4, 0.5) is 18.9 Å². The van der Waals surface area contributed by atoms with Gasteiger partial charge in [-0.3, -0.25) is 9.59 Å². The summed E-state index contributed by atoms with van der Waals surface area (Å²) in [7, 11) is 0. The lowest BCUT2D eigenvalue weighted by molar-refractivity contribution is -0.141. The number of nitrogens with two attached hydrogens (primary N) is 1. The van der Waals surface area contributed by atoms with E-state index in [-0.39, 0.29) is 41.8 Å². The van der Waals surface area contributed by atoms with E-state index in [2.05, 4.69) is 10.3 Å². The van der Waals surface area contributed by atoms with Gasteiger partial charge in [0.05, 0.1) is 17.8 Å². The second-order valence-electron chi connectivity index (χ2n) is 8.01. The molecule has 160 valence electrons. The molecule has 1 aliphatic heterocycles. The van der Waals surface area contributed by atoms with Crippen molar-refractivity contribution in [2.75, 3.05) is 18.4 Å². The van der Waals surface area contributed by atoms with Gasteiger partial charge in [0.15, 0.2) is 0 Å². The van der Waals surface area contributed by atoms with Gasteiger partial charge in [-0.25, -0.2) is 4.98 Å². The monoisotopic (exact) mass is 412 g/mol. The number of hydrogen-bond acceptors (Lipinski definition) is 4. The van der Waals surface area contributed by atoms with Gasteiger partial charge in [-0.2, -0.15) is 13.2 Å². The summed E-state index contributed by atoms with van der Waals surface area (Å²) in [5, 5.41) is 2.59. The molecule has 2 atom stereocenters. The molecule has 3 N–H and O–H groups in total. The Hall–Kier alpha value is -2.16. The first-order chi connectivity index (χ1) is 13.7. The van der Waals surface area contributed by atoms with Crippen LogP contribution < -0.4 is 11.1 Å². The van der Waals surface area contributed by atoms with Crippen molar-refractivity contribution in [3.63, 3.8) is 0 Å². The van der Waals surface area contributed by atoms with Crippen LogP contribution in [0.2, 0.25) is 0 Å². The topological polar surface area (TPSA) is 88.3 Å². The fraction of sp³-hybridized carbons (Fsp3) is 0.650. The molecule has 29 heavy (non-hydrogen) atoms.